The molecule has 0 aromatic rings. The third kappa shape index (κ3) is 4.99. The van der Waals surface area contributed by atoms with Gasteiger partial charge in [-0.05, 0) is 20.3 Å². The van der Waals surface area contributed by atoms with E-state index in [0.717, 1.165) is 0 Å². The molecule has 0 aliphatic heterocycles. The molecule has 5 nitrogen and oxygen atoms in total. The molecule has 98 valence electrons. The second kappa shape index (κ2) is 7.84. The molecular formula is C12H23N3O2. The van der Waals surface area contributed by atoms with Gasteiger partial charge in [-0.25, -0.2) is 0 Å². The highest BCUT2D eigenvalue weighted by atomic mass is 16.2. The maximum absolute atomic E-state index is 11.8. The Morgan fingerprint density at radius 3 is 2.29 bits per heavy atom. The SMILES string of the molecule is C=CCC(N)C(=O)N(C)CC(=O)N(CC)CC. The van der Waals surface area contributed by atoms with E-state index in [-0.39, 0.29) is 18.4 Å². The van der Waals surface area contributed by atoms with E-state index in [2.05, 4.69) is 6.58 Å². The van der Waals surface area contributed by atoms with Crippen molar-refractivity contribution in [1.82, 2.24) is 9.80 Å². The van der Waals surface area contributed by atoms with Crippen LogP contribution in [0.1, 0.15) is 20.3 Å². The Bertz CT molecular complexity index is 275. The quantitative estimate of drug-likeness (QED) is 0.648. The normalized spacial score (nSPS) is 11.8. The first-order chi connectivity index (χ1) is 7.97. The number of likely N-dealkylation sites (N-methyl/N-ethyl adjacent to an activating group) is 2. The Hall–Kier alpha value is -1.36. The van der Waals surface area contributed by atoms with Gasteiger partial charge in [0.25, 0.3) is 0 Å². The van der Waals surface area contributed by atoms with Crippen LogP contribution in [0.5, 0.6) is 0 Å². The molecule has 17 heavy (non-hydrogen) atoms. The standard InChI is InChI=1S/C12H23N3O2/c1-5-8-10(13)12(17)14(4)9-11(16)15(6-2)7-3/h5,10H,1,6-9,13H2,2-4H3. The lowest BCUT2D eigenvalue weighted by Gasteiger charge is -2.24. The summed E-state index contributed by atoms with van der Waals surface area (Å²) in [4.78, 5) is 26.6. The topological polar surface area (TPSA) is 66.6 Å². The lowest BCUT2D eigenvalue weighted by atomic mass is 10.2. The summed E-state index contributed by atoms with van der Waals surface area (Å²) in [6.07, 6.45) is 2.02. The molecule has 0 saturated carbocycles. The minimum absolute atomic E-state index is 0.0587. The summed E-state index contributed by atoms with van der Waals surface area (Å²) in [6, 6.07) is -0.609. The zero-order chi connectivity index (χ0) is 13.4. The molecule has 0 heterocycles. The maximum Gasteiger partial charge on any atom is 0.242 e. The second-order valence-corrected chi connectivity index (χ2v) is 3.89. The van der Waals surface area contributed by atoms with Crippen LogP contribution in [-0.2, 0) is 9.59 Å². The summed E-state index contributed by atoms with van der Waals surface area (Å²) in [6.45, 7) is 8.72. The van der Waals surface area contributed by atoms with Crippen molar-refractivity contribution in [2.45, 2.75) is 26.3 Å². The number of amides is 2. The predicted octanol–water partition coefficient (Wildman–Crippen LogP) is 0.217. The summed E-state index contributed by atoms with van der Waals surface area (Å²) in [5.74, 6) is -0.290. The molecule has 2 amide bonds. The van der Waals surface area contributed by atoms with Crippen LogP contribution < -0.4 is 5.73 Å². The lowest BCUT2D eigenvalue weighted by Crippen LogP contribution is -2.46. The van der Waals surface area contributed by atoms with Crippen molar-refractivity contribution >= 4 is 11.8 Å². The van der Waals surface area contributed by atoms with Crippen molar-refractivity contribution in [2.75, 3.05) is 26.7 Å². The van der Waals surface area contributed by atoms with Crippen LogP contribution >= 0.6 is 0 Å². The molecule has 0 rings (SSSR count). The Balaban J connectivity index is 4.33. The van der Waals surface area contributed by atoms with Crippen LogP contribution in [0.15, 0.2) is 12.7 Å². The minimum Gasteiger partial charge on any atom is -0.342 e. The average molecular weight is 241 g/mol. The molecule has 1 atom stereocenters. The number of nitrogens with two attached hydrogens (primary N) is 1. The Morgan fingerprint density at radius 1 is 1.35 bits per heavy atom. The molecule has 2 N–H and O–H groups in total. The molecular weight excluding hydrogens is 218 g/mol. The summed E-state index contributed by atoms with van der Waals surface area (Å²) < 4.78 is 0. The van der Waals surface area contributed by atoms with Crippen molar-refractivity contribution in [3.05, 3.63) is 12.7 Å². The van der Waals surface area contributed by atoms with E-state index < -0.39 is 6.04 Å². The summed E-state index contributed by atoms with van der Waals surface area (Å²) >= 11 is 0. The van der Waals surface area contributed by atoms with E-state index in [4.69, 9.17) is 5.73 Å². The minimum atomic E-state index is -0.609. The summed E-state index contributed by atoms with van der Waals surface area (Å²) in [7, 11) is 1.59. The number of nitrogens with zero attached hydrogens (tertiary/aromatic N) is 2. The highest BCUT2D eigenvalue weighted by Crippen LogP contribution is 1.98. The molecule has 0 aromatic carbocycles. The fourth-order valence-corrected chi connectivity index (χ4v) is 1.52. The van der Waals surface area contributed by atoms with E-state index in [0.29, 0.717) is 19.5 Å². The van der Waals surface area contributed by atoms with Crippen LogP contribution in [-0.4, -0.2) is 54.3 Å². The van der Waals surface area contributed by atoms with E-state index in [1.54, 1.807) is 18.0 Å². The van der Waals surface area contributed by atoms with Gasteiger partial charge in [0.15, 0.2) is 0 Å². The summed E-state index contributed by atoms with van der Waals surface area (Å²) in [5.41, 5.74) is 5.66. The Labute approximate surface area is 103 Å². The second-order valence-electron chi connectivity index (χ2n) is 3.89. The number of rotatable bonds is 7. The molecule has 0 spiro atoms. The Kier molecular flexibility index (Phi) is 7.21. The smallest absolute Gasteiger partial charge is 0.242 e. The first-order valence-electron chi connectivity index (χ1n) is 5.87. The molecule has 0 saturated heterocycles. The molecule has 1 unspecified atom stereocenters. The molecule has 0 aliphatic rings. The average Bonchev–Trinajstić information content (AvgIpc) is 2.29. The van der Waals surface area contributed by atoms with E-state index in [9.17, 15) is 9.59 Å². The Morgan fingerprint density at radius 2 is 1.88 bits per heavy atom. The van der Waals surface area contributed by atoms with Crippen LogP contribution in [0.2, 0.25) is 0 Å². The van der Waals surface area contributed by atoms with Gasteiger partial charge in [0.2, 0.25) is 11.8 Å². The lowest BCUT2D eigenvalue weighted by molar-refractivity contribution is -0.139. The first-order valence-corrected chi connectivity index (χ1v) is 5.87. The van der Waals surface area contributed by atoms with Crippen LogP contribution in [0.3, 0.4) is 0 Å². The predicted molar refractivity (Wildman–Crippen MR) is 68.4 cm³/mol. The molecule has 0 fully saturated rings. The van der Waals surface area contributed by atoms with Gasteiger partial charge in [0, 0.05) is 20.1 Å². The van der Waals surface area contributed by atoms with Gasteiger partial charge in [-0.2, -0.15) is 0 Å². The monoisotopic (exact) mass is 241 g/mol. The van der Waals surface area contributed by atoms with Crippen molar-refractivity contribution in [1.29, 1.82) is 0 Å². The van der Waals surface area contributed by atoms with Gasteiger partial charge >= 0.3 is 0 Å². The van der Waals surface area contributed by atoms with Crippen molar-refractivity contribution in [3.63, 3.8) is 0 Å². The van der Waals surface area contributed by atoms with Gasteiger partial charge in [0.05, 0.1) is 12.6 Å². The van der Waals surface area contributed by atoms with Gasteiger partial charge in [-0.15, -0.1) is 6.58 Å². The van der Waals surface area contributed by atoms with Crippen LogP contribution in [0.25, 0.3) is 0 Å². The van der Waals surface area contributed by atoms with Crippen molar-refractivity contribution < 1.29 is 9.59 Å². The highest BCUT2D eigenvalue weighted by molar-refractivity contribution is 5.87. The van der Waals surface area contributed by atoms with Crippen molar-refractivity contribution in [2.24, 2.45) is 5.73 Å². The highest BCUT2D eigenvalue weighted by Gasteiger charge is 2.20. The van der Waals surface area contributed by atoms with Gasteiger partial charge in [-0.1, -0.05) is 6.08 Å². The molecule has 0 aliphatic carbocycles. The molecule has 0 radical (unpaired) electrons. The zero-order valence-electron chi connectivity index (χ0n) is 11.0. The van der Waals surface area contributed by atoms with E-state index in [1.807, 2.05) is 13.8 Å². The van der Waals surface area contributed by atoms with Crippen molar-refractivity contribution in [3.8, 4) is 0 Å². The number of carbonyl (C=O) groups excluding carboxylic acids is 2. The zero-order valence-corrected chi connectivity index (χ0v) is 11.0. The maximum atomic E-state index is 11.8. The van der Waals surface area contributed by atoms with Crippen LogP contribution in [0, 0.1) is 0 Å². The van der Waals surface area contributed by atoms with Crippen LogP contribution in [0.4, 0.5) is 0 Å². The van der Waals surface area contributed by atoms with Gasteiger partial charge in [-0.3, -0.25) is 9.59 Å². The summed E-state index contributed by atoms with van der Waals surface area (Å²) in [5, 5.41) is 0. The third-order valence-corrected chi connectivity index (χ3v) is 2.60. The molecule has 0 bridgehead atoms. The van der Waals surface area contributed by atoms with Gasteiger partial charge in [0.1, 0.15) is 0 Å². The third-order valence-electron chi connectivity index (χ3n) is 2.60. The number of hydrogen-bond acceptors (Lipinski definition) is 3. The van der Waals surface area contributed by atoms with E-state index >= 15 is 0 Å². The first kappa shape index (κ1) is 15.6. The number of carbonyl (C=O) groups is 2. The van der Waals surface area contributed by atoms with E-state index in [1.165, 1.54) is 4.90 Å². The fraction of sp³-hybridized carbons (Fsp3) is 0.667. The molecule has 0 aromatic heterocycles. The van der Waals surface area contributed by atoms with Gasteiger partial charge < -0.3 is 15.5 Å². The number of hydrogen-bond donors (Lipinski definition) is 1. The largest absolute Gasteiger partial charge is 0.342 e. The molecule has 5 heteroatoms. The fourth-order valence-electron chi connectivity index (χ4n) is 1.52.